The predicted molar refractivity (Wildman–Crippen MR) is 55.6 cm³/mol. The molecule has 0 N–H and O–H groups in total. The first-order valence-electron chi connectivity index (χ1n) is 6.36. The second-order valence-electron chi connectivity index (χ2n) is 5.41. The van der Waals surface area contributed by atoms with Gasteiger partial charge in [-0.3, -0.25) is 0 Å². The van der Waals surface area contributed by atoms with Gasteiger partial charge in [-0.1, -0.05) is 0 Å². The summed E-state index contributed by atoms with van der Waals surface area (Å²) in [5, 5.41) is 0. The van der Waals surface area contributed by atoms with Crippen LogP contribution in [0.15, 0.2) is 0 Å². The lowest BCUT2D eigenvalue weighted by Gasteiger charge is -2.39. The van der Waals surface area contributed by atoms with Crippen LogP contribution in [0.2, 0.25) is 0 Å². The third-order valence-corrected chi connectivity index (χ3v) is 4.25. The molecule has 0 spiro atoms. The molecule has 0 saturated heterocycles. The maximum Gasteiger partial charge on any atom is 0.162 e. The Kier molecular flexibility index (Phi) is 4.45. The van der Waals surface area contributed by atoms with Crippen LogP contribution in [0.5, 0.6) is 0 Å². The highest BCUT2D eigenvalue weighted by Crippen LogP contribution is 2.42. The van der Waals surface area contributed by atoms with Crippen LogP contribution in [-0.4, -0.2) is 30.8 Å². The molecule has 2 saturated carbocycles. The van der Waals surface area contributed by atoms with E-state index in [-0.39, 0.29) is 19.3 Å². The molecule has 5 atom stereocenters. The second-order valence-corrected chi connectivity index (χ2v) is 5.41. The summed E-state index contributed by atoms with van der Waals surface area (Å²) >= 11 is 0. The van der Waals surface area contributed by atoms with Crippen LogP contribution in [0.4, 0.5) is 22.1 Å². The number of hydrogen-bond acceptors (Lipinski definition) is 1. The average molecular weight is 272 g/mol. The van der Waals surface area contributed by atoms with Crippen molar-refractivity contribution in [2.24, 2.45) is 11.8 Å². The molecule has 5 unspecified atom stereocenters. The van der Waals surface area contributed by atoms with Gasteiger partial charge in [0.05, 0.1) is 0 Å². The first-order valence-corrected chi connectivity index (χ1v) is 6.36. The summed E-state index contributed by atoms with van der Waals surface area (Å²) in [7, 11) is 0. The minimum Gasteiger partial charge on any atom is -0.247 e. The molecular formula is C12H17F5O. The summed E-state index contributed by atoms with van der Waals surface area (Å²) in [6, 6.07) is 0. The average Bonchev–Trinajstić information content (AvgIpc) is 2.35. The van der Waals surface area contributed by atoms with Crippen LogP contribution < -0.4 is 0 Å². The molecule has 2 fully saturated rings. The van der Waals surface area contributed by atoms with Crippen molar-refractivity contribution in [2.75, 3.05) is 0 Å². The van der Waals surface area contributed by atoms with E-state index in [4.69, 9.17) is 0 Å². The minimum absolute atomic E-state index is 0.0926. The van der Waals surface area contributed by atoms with E-state index in [1.54, 1.807) is 0 Å². The van der Waals surface area contributed by atoms with Crippen LogP contribution in [-0.2, 0) is 4.94 Å². The van der Waals surface area contributed by atoms with Crippen molar-refractivity contribution >= 4 is 0 Å². The van der Waals surface area contributed by atoms with Gasteiger partial charge in [0.1, 0.15) is 24.6 Å². The van der Waals surface area contributed by atoms with Gasteiger partial charge in [0.15, 0.2) is 6.17 Å². The van der Waals surface area contributed by atoms with Gasteiger partial charge in [0, 0.05) is 6.42 Å². The maximum absolute atomic E-state index is 13.8. The Morgan fingerprint density at radius 2 is 1.39 bits per heavy atom. The van der Waals surface area contributed by atoms with Gasteiger partial charge in [-0.25, -0.2) is 17.6 Å². The van der Waals surface area contributed by atoms with Crippen LogP contribution in [0, 0.1) is 11.8 Å². The van der Waals surface area contributed by atoms with E-state index in [1.165, 1.54) is 0 Å². The fraction of sp³-hybridized carbons (Fsp3) is 1.00. The molecule has 0 aromatic rings. The Hall–Kier alpha value is -0.390. The van der Waals surface area contributed by atoms with Crippen molar-refractivity contribution in [1.82, 2.24) is 0 Å². The van der Waals surface area contributed by atoms with Gasteiger partial charge < -0.3 is 0 Å². The van der Waals surface area contributed by atoms with E-state index in [9.17, 15) is 22.1 Å². The van der Waals surface area contributed by atoms with Gasteiger partial charge >= 0.3 is 0 Å². The van der Waals surface area contributed by atoms with Gasteiger partial charge in [-0.15, -0.1) is 0 Å². The zero-order valence-corrected chi connectivity index (χ0v) is 9.88. The maximum atomic E-state index is 13.8. The fourth-order valence-corrected chi connectivity index (χ4v) is 3.23. The summed E-state index contributed by atoms with van der Waals surface area (Å²) in [6.07, 6.45) is -7.63. The quantitative estimate of drug-likeness (QED) is 0.694. The summed E-state index contributed by atoms with van der Waals surface area (Å²) < 4.78 is 65.4. The lowest BCUT2D eigenvalue weighted by atomic mass is 9.70. The zero-order valence-electron chi connectivity index (χ0n) is 9.88. The smallest absolute Gasteiger partial charge is 0.162 e. The molecule has 18 heavy (non-hydrogen) atoms. The molecule has 0 aromatic heterocycles. The van der Waals surface area contributed by atoms with E-state index in [1.807, 2.05) is 0 Å². The number of halogens is 5. The molecule has 0 aliphatic heterocycles. The van der Waals surface area contributed by atoms with Crippen LogP contribution in [0.1, 0.15) is 32.1 Å². The Morgan fingerprint density at radius 3 is 1.89 bits per heavy atom. The predicted octanol–water partition coefficient (Wildman–Crippen LogP) is 3.82. The molecular weight excluding hydrogens is 255 g/mol. The molecule has 0 aromatic carbocycles. The van der Waals surface area contributed by atoms with Crippen molar-refractivity contribution in [3.63, 3.8) is 0 Å². The van der Waals surface area contributed by atoms with Crippen LogP contribution >= 0.6 is 0 Å². The van der Waals surface area contributed by atoms with Gasteiger partial charge in [0.25, 0.3) is 0 Å². The van der Waals surface area contributed by atoms with Crippen molar-refractivity contribution in [1.29, 1.82) is 0 Å². The highest BCUT2D eigenvalue weighted by atomic mass is 19.3. The van der Waals surface area contributed by atoms with Gasteiger partial charge in [-0.2, -0.15) is 4.94 Å². The normalized spacial score (nSPS) is 50.2. The zero-order chi connectivity index (χ0) is 13.3. The highest BCUT2D eigenvalue weighted by Gasteiger charge is 2.45. The van der Waals surface area contributed by atoms with E-state index in [0.717, 1.165) is 0 Å². The summed E-state index contributed by atoms with van der Waals surface area (Å²) in [5.41, 5.74) is 0. The molecule has 1 nitrogen and oxygen atoms in total. The standard InChI is InChI=1S/C12H17F5O/c13-9-5-7(18-17)1-2-8(9)6-3-10(14)12(16)11(15)4-6/h6-12H,1-5H2. The minimum atomic E-state index is -2.09. The largest absolute Gasteiger partial charge is 0.247 e. The molecule has 0 bridgehead atoms. The number of alkyl halides is 4. The van der Waals surface area contributed by atoms with Crippen LogP contribution in [0.25, 0.3) is 0 Å². The Morgan fingerprint density at radius 1 is 0.778 bits per heavy atom. The molecule has 6 heteroatoms. The van der Waals surface area contributed by atoms with Crippen molar-refractivity contribution in [3.8, 4) is 0 Å². The Labute approximate surface area is 103 Å². The van der Waals surface area contributed by atoms with E-state index in [2.05, 4.69) is 4.94 Å². The topological polar surface area (TPSA) is 9.23 Å². The van der Waals surface area contributed by atoms with Crippen molar-refractivity contribution < 1.29 is 27.0 Å². The first-order chi connectivity index (χ1) is 8.52. The summed E-state index contributed by atoms with van der Waals surface area (Å²) in [4.78, 5) is 3.61. The van der Waals surface area contributed by atoms with Gasteiger partial charge in [-0.05, 0) is 42.0 Å². The van der Waals surface area contributed by atoms with Crippen molar-refractivity contribution in [3.05, 3.63) is 0 Å². The first kappa shape index (κ1) is 14.0. The fourth-order valence-electron chi connectivity index (χ4n) is 3.23. The summed E-state index contributed by atoms with van der Waals surface area (Å²) in [6.45, 7) is 0. The van der Waals surface area contributed by atoms with Gasteiger partial charge in [0.2, 0.25) is 0 Å². The van der Waals surface area contributed by atoms with Crippen molar-refractivity contribution in [2.45, 2.75) is 62.9 Å². The molecule has 0 radical (unpaired) electrons. The molecule has 2 rings (SSSR count). The lowest BCUT2D eigenvalue weighted by molar-refractivity contribution is -0.199. The monoisotopic (exact) mass is 272 g/mol. The van der Waals surface area contributed by atoms with E-state index < -0.39 is 42.6 Å². The second kappa shape index (κ2) is 5.72. The number of rotatable bonds is 2. The summed E-state index contributed by atoms with van der Waals surface area (Å²) in [5.74, 6) is -1.02. The third-order valence-electron chi connectivity index (χ3n) is 4.25. The molecule has 0 amide bonds. The SMILES string of the molecule is FOC1CCC(C2CC(F)C(F)C(F)C2)C(F)C1. The molecule has 2 aliphatic rings. The molecule has 0 heterocycles. The Balaban J connectivity index is 1.95. The lowest BCUT2D eigenvalue weighted by Crippen LogP contribution is -2.43. The molecule has 2 aliphatic carbocycles. The Bertz CT molecular complexity index is 265. The molecule has 106 valence electrons. The third kappa shape index (κ3) is 2.78. The number of hydrogen-bond donors (Lipinski definition) is 0. The van der Waals surface area contributed by atoms with E-state index >= 15 is 0 Å². The van der Waals surface area contributed by atoms with E-state index in [0.29, 0.717) is 12.8 Å². The highest BCUT2D eigenvalue weighted by molar-refractivity contribution is 4.93. The van der Waals surface area contributed by atoms with Crippen LogP contribution in [0.3, 0.4) is 0 Å².